The second kappa shape index (κ2) is 15.7. The molecule has 2 aromatic carbocycles. The van der Waals surface area contributed by atoms with Crippen molar-refractivity contribution >= 4 is 45.4 Å². The van der Waals surface area contributed by atoms with E-state index in [1.165, 1.54) is 14.2 Å². The van der Waals surface area contributed by atoms with E-state index in [0.29, 0.717) is 29.8 Å². The van der Waals surface area contributed by atoms with Crippen LogP contribution in [0.5, 0.6) is 0 Å². The van der Waals surface area contributed by atoms with E-state index in [1.54, 1.807) is 0 Å². The maximum absolute atomic E-state index is 12.0. The van der Waals surface area contributed by atoms with Crippen LogP contribution in [0.25, 0.3) is 21.8 Å². The third-order valence-corrected chi connectivity index (χ3v) is 6.64. The van der Waals surface area contributed by atoms with Gasteiger partial charge in [-0.15, -0.1) is 0 Å². The van der Waals surface area contributed by atoms with Gasteiger partial charge in [-0.25, -0.2) is 29.5 Å². The second-order valence-corrected chi connectivity index (χ2v) is 10.5. The Kier molecular flexibility index (Phi) is 12.1. The maximum Gasteiger partial charge on any atom is 0.328 e. The fourth-order valence-corrected chi connectivity index (χ4v) is 4.34. The molecule has 0 fully saturated rings. The number of fused-ring (bicyclic) bond motifs is 2. The number of hydrogen-bond donors (Lipinski definition) is 4. The number of benzene rings is 2. The molecule has 2 atom stereocenters. The highest BCUT2D eigenvalue weighted by Gasteiger charge is 2.25. The topological polar surface area (TPSA) is 166 Å². The number of carbonyl (C=O) groups is 2. The minimum atomic E-state index is -0.473. The molecule has 4 rings (SSSR count). The Hall–Kier alpha value is -4.42. The van der Waals surface area contributed by atoms with Gasteiger partial charge in [0.05, 0.1) is 38.3 Å². The van der Waals surface area contributed by atoms with Crippen molar-refractivity contribution in [1.82, 2.24) is 25.3 Å². The fourth-order valence-electron chi connectivity index (χ4n) is 4.34. The third kappa shape index (κ3) is 8.55. The number of rotatable bonds is 11. The van der Waals surface area contributed by atoms with Crippen LogP contribution in [0.4, 0.5) is 11.6 Å². The van der Waals surface area contributed by atoms with Gasteiger partial charge in [0.25, 0.3) is 0 Å². The maximum atomic E-state index is 12.0. The van der Waals surface area contributed by atoms with E-state index in [9.17, 15) is 9.59 Å². The molecule has 2 aromatic heterocycles. The summed E-state index contributed by atoms with van der Waals surface area (Å²) in [6.07, 6.45) is 0. The Labute approximate surface area is 252 Å². The van der Waals surface area contributed by atoms with Crippen molar-refractivity contribution in [2.24, 2.45) is 17.6 Å². The number of nitrogens with zero attached hydrogens (tertiary/aromatic N) is 4. The summed E-state index contributed by atoms with van der Waals surface area (Å²) in [6, 6.07) is 14.4. The van der Waals surface area contributed by atoms with Crippen molar-refractivity contribution < 1.29 is 19.1 Å². The van der Waals surface area contributed by atoms with Crippen LogP contribution in [0.15, 0.2) is 48.5 Å². The van der Waals surface area contributed by atoms with E-state index in [4.69, 9.17) is 15.2 Å². The van der Waals surface area contributed by atoms with Crippen molar-refractivity contribution in [3.63, 3.8) is 0 Å². The summed E-state index contributed by atoms with van der Waals surface area (Å²) in [5.74, 6) is 1.99. The SMILES string of the molecule is CNCc1nc(N[C@H](C(=O)OC)C(C)C)c2ccccc2n1.COC(=O)[C@@H](Nc1nc(CN)nc2ccccc12)C(C)C. The predicted octanol–water partition coefficient (Wildman–Crippen LogP) is 3.66. The summed E-state index contributed by atoms with van der Waals surface area (Å²) in [4.78, 5) is 41.7. The van der Waals surface area contributed by atoms with Crippen LogP contribution >= 0.6 is 0 Å². The molecule has 230 valence electrons. The molecule has 5 N–H and O–H groups in total. The summed E-state index contributed by atoms with van der Waals surface area (Å²) < 4.78 is 9.72. The molecule has 2 heterocycles. The molecule has 0 unspecified atom stereocenters. The third-order valence-electron chi connectivity index (χ3n) is 6.64. The smallest absolute Gasteiger partial charge is 0.328 e. The molecule has 0 aliphatic heterocycles. The molecule has 0 bridgehead atoms. The Morgan fingerprint density at radius 3 is 1.53 bits per heavy atom. The summed E-state index contributed by atoms with van der Waals surface area (Å²) in [6.45, 7) is 8.62. The van der Waals surface area contributed by atoms with E-state index in [2.05, 4.69) is 35.9 Å². The molecule has 0 spiro atoms. The number of nitrogens with two attached hydrogens (primary N) is 1. The number of ether oxygens (including phenoxy) is 2. The lowest BCUT2D eigenvalue weighted by molar-refractivity contribution is -0.143. The van der Waals surface area contributed by atoms with Crippen LogP contribution in [0, 0.1) is 11.8 Å². The Morgan fingerprint density at radius 2 is 1.14 bits per heavy atom. The molecule has 0 amide bonds. The number of para-hydroxylation sites is 2. The van der Waals surface area contributed by atoms with E-state index in [0.717, 1.165) is 21.8 Å². The van der Waals surface area contributed by atoms with Gasteiger partial charge in [-0.1, -0.05) is 52.0 Å². The number of aromatic nitrogens is 4. The Balaban J connectivity index is 0.000000236. The van der Waals surface area contributed by atoms with Gasteiger partial charge >= 0.3 is 11.9 Å². The van der Waals surface area contributed by atoms with Crippen LogP contribution in [-0.4, -0.2) is 65.2 Å². The number of methoxy groups -OCH3 is 2. The van der Waals surface area contributed by atoms with Crippen molar-refractivity contribution in [3.8, 4) is 0 Å². The highest BCUT2D eigenvalue weighted by Crippen LogP contribution is 2.24. The molecular formula is C31H42N8O4. The van der Waals surface area contributed by atoms with Crippen LogP contribution in [0.3, 0.4) is 0 Å². The molecule has 0 radical (unpaired) electrons. The molecule has 0 saturated heterocycles. The lowest BCUT2D eigenvalue weighted by Gasteiger charge is -2.21. The second-order valence-electron chi connectivity index (χ2n) is 10.5. The first kappa shape index (κ1) is 33.1. The summed E-state index contributed by atoms with van der Waals surface area (Å²) in [7, 11) is 4.61. The molecule has 12 nitrogen and oxygen atoms in total. The minimum Gasteiger partial charge on any atom is -0.467 e. The first-order valence-corrected chi connectivity index (χ1v) is 14.2. The van der Waals surface area contributed by atoms with Gasteiger partial charge in [-0.3, -0.25) is 0 Å². The highest BCUT2D eigenvalue weighted by molar-refractivity contribution is 5.92. The fraction of sp³-hybridized carbons (Fsp3) is 0.419. The molecule has 4 aromatic rings. The van der Waals surface area contributed by atoms with Gasteiger partial charge < -0.3 is 31.2 Å². The van der Waals surface area contributed by atoms with Crippen molar-refractivity contribution in [3.05, 3.63) is 60.2 Å². The van der Waals surface area contributed by atoms with E-state index < -0.39 is 12.1 Å². The quantitative estimate of drug-likeness (QED) is 0.188. The van der Waals surface area contributed by atoms with Gasteiger partial charge in [-0.2, -0.15) is 0 Å². The molecule has 12 heteroatoms. The summed E-state index contributed by atoms with van der Waals surface area (Å²) in [5, 5.41) is 11.2. The van der Waals surface area contributed by atoms with Crippen LogP contribution in [0.2, 0.25) is 0 Å². The monoisotopic (exact) mass is 590 g/mol. The molecule has 43 heavy (non-hydrogen) atoms. The zero-order valence-corrected chi connectivity index (χ0v) is 25.8. The van der Waals surface area contributed by atoms with Crippen molar-refractivity contribution in [2.75, 3.05) is 31.9 Å². The van der Waals surface area contributed by atoms with Gasteiger partial charge in [0.2, 0.25) is 0 Å². The van der Waals surface area contributed by atoms with Crippen LogP contribution in [0.1, 0.15) is 39.3 Å². The highest BCUT2D eigenvalue weighted by atomic mass is 16.5. The van der Waals surface area contributed by atoms with Crippen molar-refractivity contribution in [1.29, 1.82) is 0 Å². The van der Waals surface area contributed by atoms with Crippen molar-refractivity contribution in [2.45, 2.75) is 52.9 Å². The molecule has 0 aliphatic rings. The van der Waals surface area contributed by atoms with Gasteiger partial charge in [0, 0.05) is 10.8 Å². The molecule has 0 saturated carbocycles. The number of nitrogens with one attached hydrogen (secondary N) is 3. The lowest BCUT2D eigenvalue weighted by Crippen LogP contribution is -2.36. The summed E-state index contributed by atoms with van der Waals surface area (Å²) >= 11 is 0. The Morgan fingerprint density at radius 1 is 0.721 bits per heavy atom. The van der Waals surface area contributed by atoms with E-state index in [1.807, 2.05) is 83.3 Å². The largest absolute Gasteiger partial charge is 0.467 e. The zero-order valence-electron chi connectivity index (χ0n) is 25.8. The molecular weight excluding hydrogens is 548 g/mol. The number of hydrogen-bond acceptors (Lipinski definition) is 12. The first-order chi connectivity index (χ1) is 20.6. The van der Waals surface area contributed by atoms with Crippen LogP contribution in [-0.2, 0) is 32.2 Å². The Bertz CT molecular complexity index is 1530. The number of esters is 2. The van der Waals surface area contributed by atoms with E-state index in [-0.39, 0.29) is 30.3 Å². The average Bonchev–Trinajstić information content (AvgIpc) is 3.01. The van der Waals surface area contributed by atoms with Gasteiger partial charge in [-0.05, 0) is 43.1 Å². The van der Waals surface area contributed by atoms with Gasteiger partial charge in [0.1, 0.15) is 35.4 Å². The number of anilines is 2. The number of carbonyl (C=O) groups excluding carboxylic acids is 2. The lowest BCUT2D eigenvalue weighted by atomic mass is 10.0. The standard InChI is InChI=1S/C16H22N4O2.C15H20N4O2/c1-10(2)14(16(21)22-4)20-15-11-7-5-6-8-12(11)18-13(19-15)9-17-3;1-9(2)13(15(20)21-3)19-14-10-6-4-5-7-11(10)17-12(8-16)18-14/h5-8,10,14,17H,9H2,1-4H3,(H,18,19,20);4-7,9,13H,8,16H2,1-3H3,(H,17,18,19)/t14-;13-/m00/s1. The summed E-state index contributed by atoms with van der Waals surface area (Å²) in [5.41, 5.74) is 7.28. The average molecular weight is 591 g/mol. The zero-order chi connectivity index (χ0) is 31.5. The van der Waals surface area contributed by atoms with Crippen LogP contribution < -0.4 is 21.7 Å². The first-order valence-electron chi connectivity index (χ1n) is 14.2. The molecule has 0 aliphatic carbocycles. The normalized spacial score (nSPS) is 12.4. The minimum absolute atomic E-state index is 0.0625. The predicted molar refractivity (Wildman–Crippen MR) is 168 cm³/mol. The van der Waals surface area contributed by atoms with Gasteiger partial charge in [0.15, 0.2) is 0 Å². The van der Waals surface area contributed by atoms with E-state index >= 15 is 0 Å².